The second-order valence-corrected chi connectivity index (χ2v) is 7.25. The van der Waals surface area contributed by atoms with Crippen LogP contribution in [-0.4, -0.2) is 56.5 Å². The Balaban J connectivity index is 1.38. The molecule has 2 aromatic heterocycles. The summed E-state index contributed by atoms with van der Waals surface area (Å²) in [4.78, 5) is 19.1. The number of pyridine rings is 1. The number of hydrogen-bond acceptors (Lipinski definition) is 6. The zero-order valence-corrected chi connectivity index (χ0v) is 15.0. The van der Waals surface area contributed by atoms with E-state index in [0.29, 0.717) is 12.5 Å². The molecule has 8 nitrogen and oxygen atoms in total. The van der Waals surface area contributed by atoms with Gasteiger partial charge in [0.2, 0.25) is 5.91 Å². The predicted molar refractivity (Wildman–Crippen MR) is 96.6 cm³/mol. The molecule has 2 aliphatic rings. The van der Waals surface area contributed by atoms with Crippen LogP contribution in [0.2, 0.25) is 0 Å². The zero-order valence-electron chi connectivity index (χ0n) is 15.0. The minimum Gasteiger partial charge on any atom is -0.342 e. The van der Waals surface area contributed by atoms with Crippen molar-refractivity contribution in [3.63, 3.8) is 0 Å². The van der Waals surface area contributed by atoms with Crippen LogP contribution in [0.15, 0.2) is 30.6 Å². The van der Waals surface area contributed by atoms with Gasteiger partial charge >= 0.3 is 0 Å². The molecule has 0 radical (unpaired) electrons. The van der Waals surface area contributed by atoms with Crippen LogP contribution in [0.3, 0.4) is 0 Å². The van der Waals surface area contributed by atoms with Crippen LogP contribution >= 0.6 is 0 Å². The highest BCUT2D eigenvalue weighted by Crippen LogP contribution is 2.22. The maximum Gasteiger partial charge on any atom is 0.228 e. The summed E-state index contributed by atoms with van der Waals surface area (Å²) in [6, 6.07) is 5.94. The molecule has 1 amide bonds. The van der Waals surface area contributed by atoms with Crippen LogP contribution in [0, 0.1) is 11.8 Å². The molecular weight excluding hydrogens is 330 g/mol. The first-order valence-electron chi connectivity index (χ1n) is 9.29. The second-order valence-electron chi connectivity index (χ2n) is 7.25. The molecule has 0 bridgehead atoms. The molecule has 0 saturated carbocycles. The Kier molecular flexibility index (Phi) is 4.94. The Bertz CT molecular complexity index is 747. The van der Waals surface area contributed by atoms with Gasteiger partial charge in [0.1, 0.15) is 5.69 Å². The lowest BCUT2D eigenvalue weighted by Crippen LogP contribution is -2.46. The number of amides is 1. The molecule has 3 unspecified atom stereocenters. The average molecular weight is 355 g/mol. The van der Waals surface area contributed by atoms with E-state index in [1.54, 1.807) is 6.20 Å². The van der Waals surface area contributed by atoms with Crippen LogP contribution in [0.5, 0.6) is 0 Å². The first-order chi connectivity index (χ1) is 12.7. The highest BCUT2D eigenvalue weighted by atomic mass is 16.2. The van der Waals surface area contributed by atoms with E-state index < -0.39 is 0 Å². The van der Waals surface area contributed by atoms with Gasteiger partial charge in [-0.2, -0.15) is 0 Å². The average Bonchev–Trinajstić information content (AvgIpc) is 3.31. The van der Waals surface area contributed by atoms with Crippen molar-refractivity contribution in [2.24, 2.45) is 11.8 Å². The second kappa shape index (κ2) is 7.51. The van der Waals surface area contributed by atoms with E-state index in [1.165, 1.54) is 0 Å². The predicted octanol–water partition coefficient (Wildman–Crippen LogP) is 0.691. The summed E-state index contributed by atoms with van der Waals surface area (Å²) in [6.45, 7) is 5.19. The molecular formula is C18H25N7O. The summed E-state index contributed by atoms with van der Waals surface area (Å²) in [7, 11) is 0. The van der Waals surface area contributed by atoms with Crippen LogP contribution in [0.25, 0.3) is 11.4 Å². The first kappa shape index (κ1) is 17.1. The van der Waals surface area contributed by atoms with Crippen molar-refractivity contribution in [1.82, 2.24) is 35.7 Å². The van der Waals surface area contributed by atoms with E-state index >= 15 is 0 Å². The Labute approximate surface area is 152 Å². The number of carbonyl (C=O) groups excluding carboxylic acids is 1. The third-order valence-electron chi connectivity index (χ3n) is 5.31. The number of hydrazine groups is 1. The van der Waals surface area contributed by atoms with Crippen molar-refractivity contribution < 1.29 is 4.79 Å². The van der Waals surface area contributed by atoms with E-state index in [9.17, 15) is 4.79 Å². The van der Waals surface area contributed by atoms with Crippen molar-refractivity contribution >= 4 is 5.91 Å². The van der Waals surface area contributed by atoms with Gasteiger partial charge in [-0.25, -0.2) is 0 Å². The molecule has 0 aromatic carbocycles. The first-order valence-corrected chi connectivity index (χ1v) is 9.29. The summed E-state index contributed by atoms with van der Waals surface area (Å²) < 4.78 is 1.88. The number of rotatable bonds is 4. The monoisotopic (exact) mass is 355 g/mol. The molecule has 26 heavy (non-hydrogen) atoms. The zero-order chi connectivity index (χ0) is 17.9. The van der Waals surface area contributed by atoms with Crippen molar-refractivity contribution in [3.05, 3.63) is 30.6 Å². The van der Waals surface area contributed by atoms with Gasteiger partial charge in [0, 0.05) is 38.4 Å². The smallest absolute Gasteiger partial charge is 0.228 e. The highest BCUT2D eigenvalue weighted by Gasteiger charge is 2.34. The molecule has 138 valence electrons. The maximum atomic E-state index is 12.8. The highest BCUT2D eigenvalue weighted by molar-refractivity contribution is 5.80. The Morgan fingerprint density at radius 1 is 1.35 bits per heavy atom. The summed E-state index contributed by atoms with van der Waals surface area (Å²) in [5.74, 6) is 0.687. The van der Waals surface area contributed by atoms with Gasteiger partial charge in [-0.3, -0.25) is 25.3 Å². The quantitative estimate of drug-likeness (QED) is 0.839. The van der Waals surface area contributed by atoms with Crippen LogP contribution in [0.4, 0.5) is 0 Å². The van der Waals surface area contributed by atoms with Gasteiger partial charge in [-0.15, -0.1) is 5.10 Å². The number of nitrogens with one attached hydrogen (secondary N) is 2. The summed E-state index contributed by atoms with van der Waals surface area (Å²) in [6.07, 6.45) is 5.85. The molecule has 2 N–H and O–H groups in total. The molecule has 0 aliphatic carbocycles. The fourth-order valence-corrected chi connectivity index (χ4v) is 3.84. The molecule has 0 spiro atoms. The maximum absolute atomic E-state index is 12.8. The third kappa shape index (κ3) is 3.61. The van der Waals surface area contributed by atoms with Gasteiger partial charge in [-0.1, -0.05) is 11.3 Å². The van der Waals surface area contributed by atoms with E-state index in [4.69, 9.17) is 0 Å². The molecule has 8 heteroatoms. The van der Waals surface area contributed by atoms with Crippen molar-refractivity contribution in [2.75, 3.05) is 19.6 Å². The number of carbonyl (C=O) groups is 1. The van der Waals surface area contributed by atoms with Crippen LogP contribution in [0.1, 0.15) is 19.8 Å². The van der Waals surface area contributed by atoms with Gasteiger partial charge in [0.05, 0.1) is 17.8 Å². The standard InChI is InChI=1S/C18H25N7O/c1-13-15(9-20-21-13)18(26)24-8-4-5-14(10-24)11-25-12-17(22-23-25)16-6-2-3-7-19-16/h2-3,6-7,12-15,20-21H,4-5,8-11H2,1H3. The summed E-state index contributed by atoms with van der Waals surface area (Å²) in [5, 5.41) is 8.48. The Hall–Kier alpha value is -2.32. The van der Waals surface area contributed by atoms with Gasteiger partial charge in [0.15, 0.2) is 0 Å². The molecule has 3 atom stereocenters. The number of piperidine rings is 1. The summed E-state index contributed by atoms with van der Waals surface area (Å²) in [5.41, 5.74) is 7.83. The Morgan fingerprint density at radius 3 is 3.04 bits per heavy atom. The van der Waals surface area contributed by atoms with Gasteiger partial charge in [0.25, 0.3) is 0 Å². The Morgan fingerprint density at radius 2 is 2.27 bits per heavy atom. The number of aromatic nitrogens is 4. The molecule has 4 heterocycles. The normalized spacial score (nSPS) is 26.2. The van der Waals surface area contributed by atoms with Gasteiger partial charge < -0.3 is 4.90 Å². The van der Waals surface area contributed by atoms with Crippen LogP contribution in [-0.2, 0) is 11.3 Å². The van der Waals surface area contributed by atoms with Crippen molar-refractivity contribution in [3.8, 4) is 11.4 Å². The molecule has 4 rings (SSSR count). The number of likely N-dealkylation sites (tertiary alicyclic amines) is 1. The van der Waals surface area contributed by atoms with E-state index in [0.717, 1.165) is 43.9 Å². The van der Waals surface area contributed by atoms with Crippen LogP contribution < -0.4 is 10.9 Å². The number of hydrogen-bond donors (Lipinski definition) is 2. The minimum atomic E-state index is 0.0240. The van der Waals surface area contributed by atoms with E-state index in [1.807, 2.05) is 34.0 Å². The SMILES string of the molecule is CC1NNCC1C(=O)N1CCCC(Cn2cc(-c3ccccn3)nn2)C1. The van der Waals surface area contributed by atoms with Gasteiger partial charge in [-0.05, 0) is 37.8 Å². The number of nitrogens with zero attached hydrogens (tertiary/aromatic N) is 5. The van der Waals surface area contributed by atoms with E-state index in [-0.39, 0.29) is 17.9 Å². The summed E-state index contributed by atoms with van der Waals surface area (Å²) >= 11 is 0. The fourth-order valence-electron chi connectivity index (χ4n) is 3.84. The lowest BCUT2D eigenvalue weighted by Gasteiger charge is -2.34. The lowest BCUT2D eigenvalue weighted by molar-refractivity contribution is -0.137. The van der Waals surface area contributed by atoms with Crippen molar-refractivity contribution in [1.29, 1.82) is 0 Å². The third-order valence-corrected chi connectivity index (χ3v) is 5.31. The molecule has 2 aliphatic heterocycles. The lowest BCUT2D eigenvalue weighted by atomic mass is 9.95. The van der Waals surface area contributed by atoms with E-state index in [2.05, 4.69) is 33.1 Å². The molecule has 2 saturated heterocycles. The molecule has 2 fully saturated rings. The minimum absolute atomic E-state index is 0.0240. The topological polar surface area (TPSA) is 88.0 Å². The van der Waals surface area contributed by atoms with Crippen molar-refractivity contribution in [2.45, 2.75) is 32.4 Å². The largest absolute Gasteiger partial charge is 0.342 e. The fraction of sp³-hybridized carbons (Fsp3) is 0.556. The molecule has 2 aromatic rings.